The minimum Gasteiger partial charge on any atom is -0.461 e. The maximum atomic E-state index is 6.25. The lowest BCUT2D eigenvalue weighted by molar-refractivity contribution is 0.176. The van der Waals surface area contributed by atoms with Crippen molar-refractivity contribution in [1.82, 2.24) is 24.5 Å². The molecule has 1 aliphatic rings. The Morgan fingerprint density at radius 3 is 2.93 bits per heavy atom. The van der Waals surface area contributed by atoms with Gasteiger partial charge in [0.2, 0.25) is 5.82 Å². The van der Waals surface area contributed by atoms with Gasteiger partial charge in [-0.2, -0.15) is 9.50 Å². The average Bonchev–Trinajstić information content (AvgIpc) is 3.38. The molecule has 0 saturated carbocycles. The molecule has 1 aromatic carbocycles. The van der Waals surface area contributed by atoms with Crippen molar-refractivity contribution >= 4 is 11.6 Å². The van der Waals surface area contributed by atoms with E-state index in [0.29, 0.717) is 23.2 Å². The van der Waals surface area contributed by atoms with E-state index in [-0.39, 0.29) is 0 Å². The van der Waals surface area contributed by atoms with Gasteiger partial charge in [0.1, 0.15) is 5.82 Å². The van der Waals surface area contributed by atoms with Crippen LogP contribution in [0.4, 0.5) is 5.82 Å². The van der Waals surface area contributed by atoms with Gasteiger partial charge in [-0.1, -0.05) is 25.1 Å². The Labute approximate surface area is 169 Å². The third-order valence-electron chi connectivity index (χ3n) is 5.45. The van der Waals surface area contributed by atoms with E-state index in [9.17, 15) is 0 Å². The Bertz CT molecular complexity index is 1130. The third kappa shape index (κ3) is 3.61. The first-order chi connectivity index (χ1) is 14.2. The van der Waals surface area contributed by atoms with E-state index < -0.39 is 0 Å². The number of piperidine rings is 1. The molecule has 148 valence electrons. The molecular weight excluding hydrogens is 364 g/mol. The van der Waals surface area contributed by atoms with Crippen LogP contribution in [0, 0.1) is 5.92 Å². The molecule has 1 aliphatic heterocycles. The lowest BCUT2D eigenvalue weighted by Gasteiger charge is -2.30. The molecule has 0 radical (unpaired) electrons. The average molecular weight is 388 g/mol. The number of furan rings is 1. The van der Waals surface area contributed by atoms with E-state index in [2.05, 4.69) is 46.2 Å². The number of hydrogen-bond acceptors (Lipinski definition) is 6. The van der Waals surface area contributed by atoms with Gasteiger partial charge in [0.15, 0.2) is 5.76 Å². The van der Waals surface area contributed by atoms with E-state index in [0.717, 1.165) is 30.3 Å². The molecule has 2 N–H and O–H groups in total. The Morgan fingerprint density at radius 2 is 2.10 bits per heavy atom. The number of nitrogens with zero attached hydrogens (tertiary/aromatic N) is 5. The number of nitrogen functional groups attached to an aromatic ring is 1. The SMILES string of the molecule is CC1CCCN(Cc2cccc(-c3cc(N)n4nc(-c5ccco5)nc4n3)c2)C1. The quantitative estimate of drug-likeness (QED) is 0.571. The standard InChI is InChI=1S/C22H24N6O/c1-15-5-3-9-27(13-15)14-16-6-2-7-17(11-16)18-12-20(23)28-22(24-18)25-21(26-28)19-8-4-10-29-19/h2,4,6-8,10-12,15H,3,5,9,13-14,23H2,1H3. The fourth-order valence-corrected chi connectivity index (χ4v) is 4.07. The Kier molecular flexibility index (Phi) is 4.52. The summed E-state index contributed by atoms with van der Waals surface area (Å²) in [4.78, 5) is 11.7. The van der Waals surface area contributed by atoms with Crippen LogP contribution in [-0.4, -0.2) is 37.6 Å². The molecule has 3 aromatic heterocycles. The van der Waals surface area contributed by atoms with E-state index in [1.807, 2.05) is 12.1 Å². The zero-order valence-electron chi connectivity index (χ0n) is 16.5. The Morgan fingerprint density at radius 1 is 1.17 bits per heavy atom. The van der Waals surface area contributed by atoms with Crippen LogP contribution >= 0.6 is 0 Å². The van der Waals surface area contributed by atoms with Crippen molar-refractivity contribution in [3.05, 3.63) is 54.3 Å². The number of aromatic nitrogens is 4. The molecular formula is C22H24N6O. The summed E-state index contributed by atoms with van der Waals surface area (Å²) in [6.07, 6.45) is 4.20. The van der Waals surface area contributed by atoms with Crippen molar-refractivity contribution in [1.29, 1.82) is 0 Å². The number of likely N-dealkylation sites (tertiary alicyclic amines) is 1. The molecule has 0 amide bonds. The van der Waals surface area contributed by atoms with E-state index in [1.54, 1.807) is 16.8 Å². The second-order valence-corrected chi connectivity index (χ2v) is 7.87. The van der Waals surface area contributed by atoms with Crippen molar-refractivity contribution < 1.29 is 4.42 Å². The number of fused-ring (bicyclic) bond motifs is 1. The van der Waals surface area contributed by atoms with Crippen LogP contribution in [0.1, 0.15) is 25.3 Å². The number of nitrogens with two attached hydrogens (primary N) is 1. The minimum atomic E-state index is 0.460. The molecule has 1 fully saturated rings. The van der Waals surface area contributed by atoms with Crippen LogP contribution in [0.15, 0.2) is 53.1 Å². The molecule has 1 unspecified atom stereocenters. The Balaban J connectivity index is 1.45. The van der Waals surface area contributed by atoms with E-state index >= 15 is 0 Å². The predicted octanol–water partition coefficient (Wildman–Crippen LogP) is 3.87. The largest absolute Gasteiger partial charge is 0.461 e. The first kappa shape index (κ1) is 17.9. The van der Waals surface area contributed by atoms with Crippen molar-refractivity contribution in [3.63, 3.8) is 0 Å². The molecule has 4 aromatic rings. The zero-order valence-corrected chi connectivity index (χ0v) is 16.5. The molecule has 1 atom stereocenters. The molecule has 0 spiro atoms. The van der Waals surface area contributed by atoms with Gasteiger partial charge in [0.05, 0.1) is 12.0 Å². The summed E-state index contributed by atoms with van der Waals surface area (Å²) < 4.78 is 6.93. The highest BCUT2D eigenvalue weighted by Crippen LogP contribution is 2.25. The summed E-state index contributed by atoms with van der Waals surface area (Å²) in [5.74, 6) is 2.79. The molecule has 29 heavy (non-hydrogen) atoms. The smallest absolute Gasteiger partial charge is 0.255 e. The molecule has 7 heteroatoms. The first-order valence-electron chi connectivity index (χ1n) is 10.0. The zero-order chi connectivity index (χ0) is 19.8. The lowest BCUT2D eigenvalue weighted by Crippen LogP contribution is -2.33. The maximum Gasteiger partial charge on any atom is 0.255 e. The molecule has 5 rings (SSSR count). The van der Waals surface area contributed by atoms with Gasteiger partial charge in [-0.15, -0.1) is 5.10 Å². The number of hydrogen-bond donors (Lipinski definition) is 1. The monoisotopic (exact) mass is 388 g/mol. The summed E-state index contributed by atoms with van der Waals surface area (Å²) in [6.45, 7) is 5.63. The van der Waals surface area contributed by atoms with Crippen LogP contribution < -0.4 is 5.73 Å². The second kappa shape index (κ2) is 7.33. The first-order valence-corrected chi connectivity index (χ1v) is 10.0. The van der Waals surface area contributed by atoms with Crippen LogP contribution in [-0.2, 0) is 6.54 Å². The fraction of sp³-hybridized carbons (Fsp3) is 0.318. The van der Waals surface area contributed by atoms with Gasteiger partial charge in [0, 0.05) is 24.7 Å². The van der Waals surface area contributed by atoms with Crippen molar-refractivity contribution in [2.45, 2.75) is 26.3 Å². The van der Waals surface area contributed by atoms with Gasteiger partial charge >= 0.3 is 0 Å². The van der Waals surface area contributed by atoms with Gasteiger partial charge in [-0.3, -0.25) is 4.90 Å². The summed E-state index contributed by atoms with van der Waals surface area (Å²) in [6, 6.07) is 14.0. The van der Waals surface area contributed by atoms with Crippen LogP contribution in [0.25, 0.3) is 28.6 Å². The second-order valence-electron chi connectivity index (χ2n) is 7.87. The summed E-state index contributed by atoms with van der Waals surface area (Å²) in [7, 11) is 0. The fourth-order valence-electron chi connectivity index (χ4n) is 4.07. The molecule has 4 heterocycles. The van der Waals surface area contributed by atoms with E-state index in [1.165, 1.54) is 24.9 Å². The highest BCUT2D eigenvalue weighted by Gasteiger charge is 2.17. The van der Waals surface area contributed by atoms with E-state index in [4.69, 9.17) is 15.1 Å². The topological polar surface area (TPSA) is 85.5 Å². The van der Waals surface area contributed by atoms with Gasteiger partial charge in [0.25, 0.3) is 5.78 Å². The summed E-state index contributed by atoms with van der Waals surface area (Å²) in [5.41, 5.74) is 9.36. The number of rotatable bonds is 4. The molecule has 0 bridgehead atoms. The highest BCUT2D eigenvalue weighted by molar-refractivity contribution is 5.66. The maximum absolute atomic E-state index is 6.25. The van der Waals surface area contributed by atoms with Crippen LogP contribution in [0.5, 0.6) is 0 Å². The van der Waals surface area contributed by atoms with Crippen LogP contribution in [0.3, 0.4) is 0 Å². The van der Waals surface area contributed by atoms with Gasteiger partial charge < -0.3 is 10.2 Å². The normalized spacial score (nSPS) is 17.8. The van der Waals surface area contributed by atoms with Gasteiger partial charge in [-0.05, 0) is 49.1 Å². The van der Waals surface area contributed by atoms with Crippen molar-refractivity contribution in [2.75, 3.05) is 18.8 Å². The summed E-state index contributed by atoms with van der Waals surface area (Å²) in [5, 5.41) is 4.41. The molecule has 1 saturated heterocycles. The van der Waals surface area contributed by atoms with Gasteiger partial charge in [-0.25, -0.2) is 4.98 Å². The third-order valence-corrected chi connectivity index (χ3v) is 5.45. The highest BCUT2D eigenvalue weighted by atomic mass is 16.3. The van der Waals surface area contributed by atoms with Crippen LogP contribution in [0.2, 0.25) is 0 Å². The number of benzene rings is 1. The van der Waals surface area contributed by atoms with Crippen molar-refractivity contribution in [2.24, 2.45) is 5.92 Å². The minimum absolute atomic E-state index is 0.460. The van der Waals surface area contributed by atoms with Crippen molar-refractivity contribution in [3.8, 4) is 22.8 Å². The predicted molar refractivity (Wildman–Crippen MR) is 112 cm³/mol. The molecule has 0 aliphatic carbocycles. The lowest BCUT2D eigenvalue weighted by atomic mass is 9.99. The Hall–Kier alpha value is -3.19. The molecule has 7 nitrogen and oxygen atoms in total. The summed E-state index contributed by atoms with van der Waals surface area (Å²) >= 11 is 0. The number of anilines is 1.